The van der Waals surface area contributed by atoms with Gasteiger partial charge in [0, 0.05) is 18.3 Å². The molecule has 0 saturated heterocycles. The molecule has 0 fully saturated rings. The van der Waals surface area contributed by atoms with Crippen LogP contribution in [-0.4, -0.2) is 40.0 Å². The second kappa shape index (κ2) is 11.2. The molecule has 1 atom stereocenters. The number of pyridine rings is 1. The number of methoxy groups -OCH3 is 2. The van der Waals surface area contributed by atoms with Gasteiger partial charge in [0.2, 0.25) is 0 Å². The summed E-state index contributed by atoms with van der Waals surface area (Å²) in [5.41, 5.74) is 1.38. The number of benzene rings is 1. The van der Waals surface area contributed by atoms with E-state index in [2.05, 4.69) is 19.7 Å². The second-order valence-electron chi connectivity index (χ2n) is 5.08. The van der Waals surface area contributed by atoms with E-state index in [1.807, 2.05) is 0 Å². The van der Waals surface area contributed by atoms with Gasteiger partial charge in [0.05, 0.1) is 47.5 Å². The van der Waals surface area contributed by atoms with Gasteiger partial charge in [-0.3, -0.25) is 9.19 Å². The third-order valence-corrected chi connectivity index (χ3v) is 4.67. The Kier molecular flexibility index (Phi) is 10.0. The van der Waals surface area contributed by atoms with Crippen molar-refractivity contribution in [2.45, 2.75) is 17.5 Å². The van der Waals surface area contributed by atoms with Crippen LogP contribution in [0.15, 0.2) is 35.6 Å². The maximum atomic E-state index is 12.6. The molecular weight excluding hydrogens is 518 g/mol. The number of H-pyrrole nitrogens is 1. The third-order valence-electron chi connectivity index (χ3n) is 3.51. The SMILES string of the molecule is COc1ccnc(CS(=O)c2nc3ccc(OC(F)F)cc3[nH]2)c1OC.[I-].[Na+]. The monoisotopic (exact) mass is 533 g/mol. The molecule has 0 spiro atoms. The Labute approximate surface area is 201 Å². The van der Waals surface area contributed by atoms with Crippen molar-refractivity contribution in [3.05, 3.63) is 36.2 Å². The predicted molar refractivity (Wildman–Crippen MR) is 90.2 cm³/mol. The van der Waals surface area contributed by atoms with E-state index in [1.54, 1.807) is 6.07 Å². The fourth-order valence-electron chi connectivity index (χ4n) is 2.40. The van der Waals surface area contributed by atoms with Crippen LogP contribution < -0.4 is 67.7 Å². The number of rotatable bonds is 7. The Bertz CT molecular complexity index is 961. The minimum Gasteiger partial charge on any atom is -1.00 e. The quantitative estimate of drug-likeness (QED) is 0.256. The van der Waals surface area contributed by atoms with Crippen LogP contribution in [-0.2, 0) is 16.6 Å². The molecule has 0 bridgehead atoms. The molecule has 2 aromatic heterocycles. The molecule has 1 N–H and O–H groups in total. The average molecular weight is 533 g/mol. The number of ether oxygens (including phenoxy) is 3. The first-order chi connectivity index (χ1) is 12.5. The molecule has 1 aromatic carbocycles. The van der Waals surface area contributed by atoms with Crippen molar-refractivity contribution < 1.29 is 80.7 Å². The van der Waals surface area contributed by atoms with Crippen LogP contribution in [0.3, 0.4) is 0 Å². The molecular formula is C16H15F2IN3NaO4S. The van der Waals surface area contributed by atoms with Crippen molar-refractivity contribution in [3.63, 3.8) is 0 Å². The van der Waals surface area contributed by atoms with E-state index >= 15 is 0 Å². The van der Waals surface area contributed by atoms with Gasteiger partial charge in [-0.2, -0.15) is 8.78 Å². The standard InChI is InChI=1S/C16H15F2N3O4S.HI.Na/c1-23-13-5-6-19-12(14(13)24-2)8-26(22)16-20-10-4-3-9(25-15(17)18)7-11(10)21-16;;/h3-7,15H,8H2,1-2H3,(H,20,21);1H;/q;;+1/p-1. The van der Waals surface area contributed by atoms with E-state index in [0.29, 0.717) is 28.2 Å². The largest absolute Gasteiger partial charge is 1.00 e. The predicted octanol–water partition coefficient (Wildman–Crippen LogP) is -3.11. The Balaban J connectivity index is 0.00000196. The number of imidazole rings is 1. The third kappa shape index (κ3) is 5.75. The average Bonchev–Trinajstić information content (AvgIpc) is 3.04. The van der Waals surface area contributed by atoms with Crippen molar-refractivity contribution in [2.24, 2.45) is 0 Å². The van der Waals surface area contributed by atoms with E-state index in [0.717, 1.165) is 0 Å². The Morgan fingerprint density at radius 1 is 1.21 bits per heavy atom. The van der Waals surface area contributed by atoms with Gasteiger partial charge in [-0.25, -0.2) is 4.98 Å². The van der Waals surface area contributed by atoms with Crippen LogP contribution in [0.5, 0.6) is 17.2 Å². The summed E-state index contributed by atoms with van der Waals surface area (Å²) < 4.78 is 52.1. The van der Waals surface area contributed by atoms with Gasteiger partial charge in [0.1, 0.15) is 5.75 Å². The molecule has 0 saturated carbocycles. The smallest absolute Gasteiger partial charge is 1.00 e. The minimum atomic E-state index is -2.92. The van der Waals surface area contributed by atoms with Gasteiger partial charge in [-0.1, -0.05) is 0 Å². The molecule has 0 aliphatic carbocycles. The summed E-state index contributed by atoms with van der Waals surface area (Å²) >= 11 is 0. The fourth-order valence-corrected chi connectivity index (χ4v) is 3.41. The minimum absolute atomic E-state index is 0. The van der Waals surface area contributed by atoms with Crippen molar-refractivity contribution >= 4 is 21.8 Å². The number of halogens is 3. The summed E-state index contributed by atoms with van der Waals surface area (Å²) in [4.78, 5) is 11.3. The first-order valence-corrected chi connectivity index (χ1v) is 8.72. The first kappa shape index (κ1) is 25.0. The number of aromatic nitrogens is 3. The van der Waals surface area contributed by atoms with Crippen LogP contribution in [0.2, 0.25) is 0 Å². The molecule has 12 heteroatoms. The van der Waals surface area contributed by atoms with Gasteiger partial charge in [-0.15, -0.1) is 0 Å². The van der Waals surface area contributed by atoms with E-state index < -0.39 is 17.4 Å². The summed E-state index contributed by atoms with van der Waals surface area (Å²) in [6, 6.07) is 5.89. The maximum Gasteiger partial charge on any atom is 1.00 e. The molecule has 0 aliphatic heterocycles. The Hall–Kier alpha value is -1.02. The molecule has 3 rings (SSSR count). The number of alkyl halides is 2. The van der Waals surface area contributed by atoms with Gasteiger partial charge in [0.15, 0.2) is 16.7 Å². The summed E-state index contributed by atoms with van der Waals surface area (Å²) in [7, 11) is 1.41. The number of hydrogen-bond acceptors (Lipinski definition) is 6. The zero-order valence-corrected chi connectivity index (χ0v) is 20.2. The van der Waals surface area contributed by atoms with Crippen LogP contribution in [0.1, 0.15) is 5.69 Å². The van der Waals surface area contributed by atoms with Crippen LogP contribution in [0, 0.1) is 0 Å². The van der Waals surface area contributed by atoms with Gasteiger partial charge >= 0.3 is 36.2 Å². The number of fused-ring (bicyclic) bond motifs is 1. The summed E-state index contributed by atoms with van der Waals surface area (Å²) in [5, 5.41) is 0.195. The van der Waals surface area contributed by atoms with Crippen molar-refractivity contribution in [3.8, 4) is 17.2 Å². The fraction of sp³-hybridized carbons (Fsp3) is 0.250. The van der Waals surface area contributed by atoms with Gasteiger partial charge in [0.25, 0.3) is 0 Å². The Morgan fingerprint density at radius 3 is 2.61 bits per heavy atom. The summed E-state index contributed by atoms with van der Waals surface area (Å²) in [5.74, 6) is 0.908. The van der Waals surface area contributed by atoms with E-state index in [4.69, 9.17) is 9.47 Å². The molecule has 28 heavy (non-hydrogen) atoms. The van der Waals surface area contributed by atoms with Gasteiger partial charge < -0.3 is 43.2 Å². The van der Waals surface area contributed by atoms with E-state index in [1.165, 1.54) is 38.6 Å². The first-order valence-electron chi connectivity index (χ1n) is 7.40. The molecule has 1 unspecified atom stereocenters. The number of nitrogens with zero attached hydrogens (tertiary/aromatic N) is 2. The van der Waals surface area contributed by atoms with Crippen molar-refractivity contribution in [1.29, 1.82) is 0 Å². The number of aromatic amines is 1. The molecule has 0 aliphatic rings. The second-order valence-corrected chi connectivity index (χ2v) is 6.45. The molecule has 7 nitrogen and oxygen atoms in total. The van der Waals surface area contributed by atoms with E-state index in [9.17, 15) is 13.0 Å². The molecule has 2 heterocycles. The van der Waals surface area contributed by atoms with Crippen molar-refractivity contribution in [1.82, 2.24) is 15.0 Å². The van der Waals surface area contributed by atoms with Crippen LogP contribution in [0.25, 0.3) is 11.0 Å². The summed E-state index contributed by atoms with van der Waals surface area (Å²) in [6.45, 7) is -2.92. The molecule has 0 amide bonds. The zero-order chi connectivity index (χ0) is 18.7. The van der Waals surface area contributed by atoms with Crippen LogP contribution >= 0.6 is 0 Å². The summed E-state index contributed by atoms with van der Waals surface area (Å²) in [6.07, 6.45) is 1.53. The zero-order valence-electron chi connectivity index (χ0n) is 15.2. The molecule has 146 valence electrons. The topological polar surface area (TPSA) is 86.3 Å². The molecule has 3 aromatic rings. The Morgan fingerprint density at radius 2 is 1.96 bits per heavy atom. The number of nitrogens with one attached hydrogen (secondary N) is 1. The molecule has 0 radical (unpaired) electrons. The van der Waals surface area contributed by atoms with Gasteiger partial charge in [-0.05, 0) is 12.1 Å². The van der Waals surface area contributed by atoms with Crippen molar-refractivity contribution in [2.75, 3.05) is 14.2 Å². The van der Waals surface area contributed by atoms with E-state index in [-0.39, 0.29) is 70.2 Å². The maximum absolute atomic E-state index is 12.6. The van der Waals surface area contributed by atoms with Crippen LogP contribution in [0.4, 0.5) is 8.78 Å². The number of hydrogen-bond donors (Lipinski definition) is 1. The normalized spacial score (nSPS) is 11.5.